The molecule has 1 aliphatic rings. The maximum Gasteiger partial charge on any atom is 0.335 e. The van der Waals surface area contributed by atoms with Gasteiger partial charge < -0.3 is 4.90 Å². The lowest BCUT2D eigenvalue weighted by molar-refractivity contribution is -0.896. The SMILES string of the molecule is CCC(=NCCC[NH+](CC)CC)C1C(=O)NC(=O)N(c2ccc(Cl)cc2)C1=O. The van der Waals surface area contributed by atoms with Crippen LogP contribution >= 0.6 is 11.6 Å². The van der Waals surface area contributed by atoms with Crippen LogP contribution < -0.4 is 15.1 Å². The first-order valence-electron chi connectivity index (χ1n) is 9.73. The quantitative estimate of drug-likeness (QED) is 0.371. The van der Waals surface area contributed by atoms with Crippen molar-refractivity contribution >= 4 is 40.8 Å². The number of halogens is 1. The van der Waals surface area contributed by atoms with Gasteiger partial charge in [-0.2, -0.15) is 0 Å². The zero-order chi connectivity index (χ0) is 20.7. The summed E-state index contributed by atoms with van der Waals surface area (Å²) in [5.74, 6) is -2.28. The maximum atomic E-state index is 13.0. The lowest BCUT2D eigenvalue weighted by Crippen LogP contribution is -3.11. The number of amides is 4. The number of nitrogens with zero attached hydrogens (tertiary/aromatic N) is 2. The fourth-order valence-corrected chi connectivity index (χ4v) is 3.39. The number of anilines is 1. The second-order valence-corrected chi connectivity index (χ2v) is 7.10. The number of imide groups is 2. The summed E-state index contributed by atoms with van der Waals surface area (Å²) >= 11 is 5.88. The van der Waals surface area contributed by atoms with Gasteiger partial charge in [-0.25, -0.2) is 9.69 Å². The summed E-state index contributed by atoms with van der Waals surface area (Å²) in [6.45, 7) is 9.81. The van der Waals surface area contributed by atoms with E-state index in [4.69, 9.17) is 11.6 Å². The normalized spacial score (nSPS) is 18.0. The summed E-state index contributed by atoms with van der Waals surface area (Å²) in [6, 6.07) is 5.57. The third-order valence-electron chi connectivity index (χ3n) is 4.95. The van der Waals surface area contributed by atoms with E-state index in [0.717, 1.165) is 31.0 Å². The van der Waals surface area contributed by atoms with Crippen molar-refractivity contribution in [2.24, 2.45) is 10.9 Å². The minimum Gasteiger partial charge on any atom is -0.335 e. The highest BCUT2D eigenvalue weighted by Gasteiger charge is 2.43. The smallest absolute Gasteiger partial charge is 0.335 e. The van der Waals surface area contributed by atoms with E-state index in [2.05, 4.69) is 24.2 Å². The predicted octanol–water partition coefficient (Wildman–Crippen LogP) is 1.70. The molecule has 0 aliphatic carbocycles. The van der Waals surface area contributed by atoms with Crippen LogP contribution in [-0.4, -0.2) is 49.7 Å². The number of aliphatic imine (C=N–C) groups is 1. The highest BCUT2D eigenvalue weighted by Crippen LogP contribution is 2.24. The third-order valence-corrected chi connectivity index (χ3v) is 5.20. The average Bonchev–Trinajstić information content (AvgIpc) is 2.67. The Kier molecular flexibility index (Phi) is 8.14. The number of nitrogens with one attached hydrogen (secondary N) is 2. The number of urea groups is 1. The number of carbonyl (C=O) groups excluding carboxylic acids is 3. The van der Waals surface area contributed by atoms with Gasteiger partial charge in [-0.1, -0.05) is 18.5 Å². The molecule has 0 saturated carbocycles. The average molecular weight is 408 g/mol. The lowest BCUT2D eigenvalue weighted by atomic mass is 9.96. The van der Waals surface area contributed by atoms with Crippen LogP contribution in [0.2, 0.25) is 5.02 Å². The van der Waals surface area contributed by atoms with Gasteiger partial charge in [-0.3, -0.25) is 19.9 Å². The van der Waals surface area contributed by atoms with E-state index in [1.165, 1.54) is 4.90 Å². The first kappa shape index (κ1) is 22.0. The number of carbonyl (C=O) groups is 3. The Morgan fingerprint density at radius 1 is 1.14 bits per heavy atom. The Hall–Kier alpha value is -2.25. The number of benzene rings is 1. The first-order chi connectivity index (χ1) is 13.4. The molecule has 1 heterocycles. The van der Waals surface area contributed by atoms with E-state index < -0.39 is 23.8 Å². The molecule has 1 saturated heterocycles. The fourth-order valence-electron chi connectivity index (χ4n) is 3.27. The van der Waals surface area contributed by atoms with Crippen molar-refractivity contribution in [3.05, 3.63) is 29.3 Å². The molecule has 0 spiro atoms. The Morgan fingerprint density at radius 2 is 1.79 bits per heavy atom. The highest BCUT2D eigenvalue weighted by molar-refractivity contribution is 6.35. The number of hydrogen-bond donors (Lipinski definition) is 2. The molecule has 0 aromatic heterocycles. The summed E-state index contributed by atoms with van der Waals surface area (Å²) in [5.41, 5.74) is 0.869. The monoisotopic (exact) mass is 407 g/mol. The number of quaternary nitrogens is 1. The molecule has 7 nitrogen and oxygen atoms in total. The number of rotatable bonds is 9. The van der Waals surface area contributed by atoms with Gasteiger partial charge in [0.1, 0.15) is 0 Å². The molecule has 152 valence electrons. The Balaban J connectivity index is 2.17. The second kappa shape index (κ2) is 10.3. The molecule has 1 aromatic carbocycles. The molecule has 0 bridgehead atoms. The van der Waals surface area contributed by atoms with Crippen LogP contribution in [0.15, 0.2) is 29.3 Å². The molecule has 0 radical (unpaired) electrons. The highest BCUT2D eigenvalue weighted by atomic mass is 35.5. The minimum atomic E-state index is -1.08. The summed E-state index contributed by atoms with van der Waals surface area (Å²) in [4.78, 5) is 44.6. The maximum absolute atomic E-state index is 13.0. The van der Waals surface area contributed by atoms with Crippen LogP contribution in [0.5, 0.6) is 0 Å². The van der Waals surface area contributed by atoms with Crippen LogP contribution in [0.25, 0.3) is 0 Å². The molecule has 1 unspecified atom stereocenters. The summed E-state index contributed by atoms with van der Waals surface area (Å²) in [5, 5.41) is 2.77. The topological polar surface area (TPSA) is 83.3 Å². The van der Waals surface area contributed by atoms with E-state index in [1.807, 2.05) is 6.92 Å². The third kappa shape index (κ3) is 5.17. The van der Waals surface area contributed by atoms with Crippen molar-refractivity contribution in [3.63, 3.8) is 0 Å². The van der Waals surface area contributed by atoms with Gasteiger partial charge in [0.2, 0.25) is 5.91 Å². The van der Waals surface area contributed by atoms with Crippen molar-refractivity contribution < 1.29 is 19.3 Å². The molecule has 8 heteroatoms. The molecule has 1 aliphatic heterocycles. The van der Waals surface area contributed by atoms with Crippen molar-refractivity contribution in [2.45, 2.75) is 33.6 Å². The standard InChI is InChI=1S/C20H27ClN4O3/c1-4-16(22-12-7-13-24(5-2)6-3)17-18(26)23-20(28)25(19(17)27)15-10-8-14(21)9-11-15/h8-11,17H,4-7,12-13H2,1-3H3,(H,23,26,28)/p+1. The van der Waals surface area contributed by atoms with E-state index in [-0.39, 0.29) is 0 Å². The largest absolute Gasteiger partial charge is 0.335 e. The lowest BCUT2D eigenvalue weighted by Gasteiger charge is -2.30. The Morgan fingerprint density at radius 3 is 2.36 bits per heavy atom. The summed E-state index contributed by atoms with van der Waals surface area (Å²) < 4.78 is 0. The van der Waals surface area contributed by atoms with Crippen LogP contribution in [0, 0.1) is 5.92 Å². The molecule has 2 rings (SSSR count). The van der Waals surface area contributed by atoms with Crippen LogP contribution in [0.4, 0.5) is 10.5 Å². The molecule has 1 atom stereocenters. The molecular formula is C20H28ClN4O3+. The van der Waals surface area contributed by atoms with Crippen molar-refractivity contribution in [3.8, 4) is 0 Å². The van der Waals surface area contributed by atoms with Crippen molar-refractivity contribution in [1.82, 2.24) is 5.32 Å². The van der Waals surface area contributed by atoms with E-state index in [1.54, 1.807) is 24.3 Å². The minimum absolute atomic E-state index is 0.366. The molecular weight excluding hydrogens is 380 g/mol. The molecule has 4 amide bonds. The van der Waals surface area contributed by atoms with Gasteiger partial charge in [-0.15, -0.1) is 0 Å². The van der Waals surface area contributed by atoms with Gasteiger partial charge in [0.25, 0.3) is 5.91 Å². The fraction of sp³-hybridized carbons (Fsp3) is 0.500. The molecule has 28 heavy (non-hydrogen) atoms. The number of hydrogen-bond acceptors (Lipinski definition) is 4. The Labute approximate surface area is 170 Å². The predicted molar refractivity (Wildman–Crippen MR) is 110 cm³/mol. The second-order valence-electron chi connectivity index (χ2n) is 6.66. The Bertz CT molecular complexity index is 744. The first-order valence-corrected chi connectivity index (χ1v) is 10.1. The van der Waals surface area contributed by atoms with Gasteiger partial charge in [-0.05, 0) is 44.5 Å². The van der Waals surface area contributed by atoms with Gasteiger partial charge >= 0.3 is 6.03 Å². The van der Waals surface area contributed by atoms with Crippen LogP contribution in [0.1, 0.15) is 33.6 Å². The van der Waals surface area contributed by atoms with Gasteiger partial charge in [0.05, 0.1) is 25.3 Å². The molecule has 1 aromatic rings. The summed E-state index contributed by atoms with van der Waals surface area (Å²) in [6.07, 6.45) is 1.34. The van der Waals surface area contributed by atoms with E-state index in [9.17, 15) is 14.4 Å². The summed E-state index contributed by atoms with van der Waals surface area (Å²) in [7, 11) is 0. The van der Waals surface area contributed by atoms with Gasteiger partial charge in [0.15, 0.2) is 5.92 Å². The van der Waals surface area contributed by atoms with Crippen LogP contribution in [-0.2, 0) is 9.59 Å². The molecule has 1 fully saturated rings. The van der Waals surface area contributed by atoms with Crippen molar-refractivity contribution in [2.75, 3.05) is 31.1 Å². The van der Waals surface area contributed by atoms with E-state index >= 15 is 0 Å². The molecule has 2 N–H and O–H groups in total. The van der Waals surface area contributed by atoms with Crippen molar-refractivity contribution in [1.29, 1.82) is 0 Å². The number of barbiturate groups is 1. The van der Waals surface area contributed by atoms with Gasteiger partial charge in [0, 0.05) is 23.7 Å². The van der Waals surface area contributed by atoms with E-state index in [0.29, 0.717) is 29.4 Å². The van der Waals surface area contributed by atoms with Crippen LogP contribution in [0.3, 0.4) is 0 Å². The zero-order valence-corrected chi connectivity index (χ0v) is 17.4. The zero-order valence-electron chi connectivity index (χ0n) is 16.6.